The van der Waals surface area contributed by atoms with Crippen LogP contribution in [0.5, 0.6) is 5.75 Å². The third kappa shape index (κ3) is 6.55. The Hall–Kier alpha value is -2.89. The first-order chi connectivity index (χ1) is 15.5. The van der Waals surface area contributed by atoms with E-state index in [1.807, 2.05) is 31.2 Å². The van der Waals surface area contributed by atoms with E-state index in [1.54, 1.807) is 24.1 Å². The van der Waals surface area contributed by atoms with E-state index in [9.17, 15) is 14.0 Å². The summed E-state index contributed by atoms with van der Waals surface area (Å²) in [6, 6.07) is 13.1. The molecule has 0 aliphatic heterocycles. The minimum atomic E-state index is -0.563. The molecule has 1 N–H and O–H groups in total. The van der Waals surface area contributed by atoms with Gasteiger partial charge in [-0.05, 0) is 54.7 Å². The molecule has 2 aromatic carbocycles. The molecule has 0 bridgehead atoms. The fourth-order valence-electron chi connectivity index (χ4n) is 4.27. The third-order valence-electron chi connectivity index (χ3n) is 6.12. The summed E-state index contributed by atoms with van der Waals surface area (Å²) in [6.45, 7) is 2.25. The molecule has 1 aliphatic rings. The molecule has 0 radical (unpaired) electrons. The lowest BCUT2D eigenvalue weighted by atomic mass is 9.95. The van der Waals surface area contributed by atoms with Crippen molar-refractivity contribution in [3.8, 4) is 5.75 Å². The summed E-state index contributed by atoms with van der Waals surface area (Å²) < 4.78 is 18.5. The Morgan fingerprint density at radius 3 is 2.25 bits per heavy atom. The number of carbonyl (C=O) groups is 2. The second-order valence-corrected chi connectivity index (χ2v) is 8.44. The van der Waals surface area contributed by atoms with Gasteiger partial charge in [0.25, 0.3) is 0 Å². The maximum absolute atomic E-state index is 13.3. The molecule has 1 atom stereocenters. The number of benzene rings is 2. The zero-order chi connectivity index (χ0) is 22.9. The number of hydrogen-bond acceptors (Lipinski definition) is 3. The lowest BCUT2D eigenvalue weighted by molar-refractivity contribution is -0.141. The van der Waals surface area contributed by atoms with Gasteiger partial charge in [-0.25, -0.2) is 4.39 Å². The maximum Gasteiger partial charge on any atom is 0.243 e. The van der Waals surface area contributed by atoms with Crippen LogP contribution in [-0.4, -0.2) is 35.9 Å². The van der Waals surface area contributed by atoms with Gasteiger partial charge >= 0.3 is 0 Å². The number of nitrogens with one attached hydrogen (secondary N) is 1. The van der Waals surface area contributed by atoms with Crippen LogP contribution < -0.4 is 10.1 Å². The average molecular weight is 441 g/mol. The molecule has 0 saturated heterocycles. The topological polar surface area (TPSA) is 58.6 Å². The van der Waals surface area contributed by atoms with E-state index in [0.29, 0.717) is 13.0 Å². The molecule has 0 aromatic heterocycles. The molecule has 0 unspecified atom stereocenters. The summed E-state index contributed by atoms with van der Waals surface area (Å²) in [5, 5.41) is 3.18. The van der Waals surface area contributed by atoms with Gasteiger partial charge in [-0.1, -0.05) is 50.5 Å². The SMILES string of the molecule is CC[C@H](C(=O)NC1CCCCC1)N(Cc1ccc(OC)cc1)C(=O)Cc1ccc(F)cc1. The van der Waals surface area contributed by atoms with E-state index in [-0.39, 0.29) is 30.1 Å². The highest BCUT2D eigenvalue weighted by atomic mass is 19.1. The van der Waals surface area contributed by atoms with Gasteiger partial charge in [-0.3, -0.25) is 9.59 Å². The first kappa shape index (κ1) is 23.8. The van der Waals surface area contributed by atoms with Crippen LogP contribution in [0, 0.1) is 5.82 Å². The normalized spacial score (nSPS) is 15.1. The quantitative estimate of drug-likeness (QED) is 0.618. The molecule has 1 aliphatic carbocycles. The van der Waals surface area contributed by atoms with Crippen molar-refractivity contribution in [2.45, 2.75) is 70.5 Å². The number of rotatable bonds is 9. The van der Waals surface area contributed by atoms with Gasteiger partial charge < -0.3 is 15.0 Å². The number of hydrogen-bond donors (Lipinski definition) is 1. The summed E-state index contributed by atoms with van der Waals surface area (Å²) in [5.74, 6) is 0.146. The highest BCUT2D eigenvalue weighted by Crippen LogP contribution is 2.20. The maximum atomic E-state index is 13.3. The van der Waals surface area contributed by atoms with Gasteiger partial charge in [-0.2, -0.15) is 0 Å². The van der Waals surface area contributed by atoms with Crippen LogP contribution in [0.4, 0.5) is 4.39 Å². The molecular formula is C26H33FN2O3. The number of halogens is 1. The van der Waals surface area contributed by atoms with E-state index in [0.717, 1.165) is 42.6 Å². The van der Waals surface area contributed by atoms with E-state index in [1.165, 1.54) is 18.6 Å². The number of carbonyl (C=O) groups excluding carboxylic acids is 2. The highest BCUT2D eigenvalue weighted by molar-refractivity contribution is 5.88. The molecule has 2 aromatic rings. The van der Waals surface area contributed by atoms with Crippen LogP contribution in [-0.2, 0) is 22.6 Å². The molecule has 5 nitrogen and oxygen atoms in total. The van der Waals surface area contributed by atoms with E-state index < -0.39 is 6.04 Å². The zero-order valence-electron chi connectivity index (χ0n) is 19.0. The number of ether oxygens (including phenoxy) is 1. The van der Waals surface area contributed by atoms with E-state index in [4.69, 9.17) is 4.74 Å². The smallest absolute Gasteiger partial charge is 0.243 e. The van der Waals surface area contributed by atoms with Crippen molar-refractivity contribution >= 4 is 11.8 Å². The summed E-state index contributed by atoms with van der Waals surface area (Å²) in [4.78, 5) is 28.2. The van der Waals surface area contributed by atoms with Crippen molar-refractivity contribution in [3.05, 3.63) is 65.5 Å². The van der Waals surface area contributed by atoms with Crippen molar-refractivity contribution < 1.29 is 18.7 Å². The van der Waals surface area contributed by atoms with Gasteiger partial charge in [-0.15, -0.1) is 0 Å². The van der Waals surface area contributed by atoms with Crippen LogP contribution >= 0.6 is 0 Å². The Bertz CT molecular complexity index is 877. The van der Waals surface area contributed by atoms with Crippen LogP contribution in [0.2, 0.25) is 0 Å². The predicted octanol–water partition coefficient (Wildman–Crippen LogP) is 4.63. The molecule has 6 heteroatoms. The summed E-state index contributed by atoms with van der Waals surface area (Å²) >= 11 is 0. The van der Waals surface area contributed by atoms with Gasteiger partial charge in [0.2, 0.25) is 11.8 Å². The van der Waals surface area contributed by atoms with Gasteiger partial charge in [0.15, 0.2) is 0 Å². The predicted molar refractivity (Wildman–Crippen MR) is 123 cm³/mol. The van der Waals surface area contributed by atoms with Crippen LogP contribution in [0.25, 0.3) is 0 Å². The minimum absolute atomic E-state index is 0.0969. The molecule has 3 rings (SSSR count). The summed E-state index contributed by atoms with van der Waals surface area (Å²) in [6.07, 6.45) is 6.08. The molecule has 0 heterocycles. The fraction of sp³-hybridized carbons (Fsp3) is 0.462. The Labute approximate surface area is 190 Å². The molecule has 1 fully saturated rings. The highest BCUT2D eigenvalue weighted by Gasteiger charge is 2.30. The average Bonchev–Trinajstić information content (AvgIpc) is 2.81. The van der Waals surface area contributed by atoms with E-state index in [2.05, 4.69) is 5.32 Å². The molecule has 0 spiro atoms. The van der Waals surface area contributed by atoms with Crippen molar-refractivity contribution in [1.82, 2.24) is 10.2 Å². The standard InChI is InChI=1S/C26H33FN2O3/c1-3-24(26(31)28-22-7-5-4-6-8-22)29(18-20-11-15-23(32-2)16-12-20)25(30)17-19-9-13-21(27)14-10-19/h9-16,22,24H,3-8,17-18H2,1-2H3,(H,28,31)/t24-/m1/s1. The van der Waals surface area contributed by atoms with Gasteiger partial charge in [0.1, 0.15) is 17.6 Å². The Morgan fingerprint density at radius 1 is 1.03 bits per heavy atom. The van der Waals surface area contributed by atoms with Crippen LogP contribution in [0.3, 0.4) is 0 Å². The molecule has 1 saturated carbocycles. The second-order valence-electron chi connectivity index (χ2n) is 8.44. The summed E-state index contributed by atoms with van der Waals surface area (Å²) in [5.41, 5.74) is 1.64. The Morgan fingerprint density at radius 2 is 1.66 bits per heavy atom. The molecule has 2 amide bonds. The molecule has 172 valence electrons. The zero-order valence-corrected chi connectivity index (χ0v) is 19.0. The molecular weight excluding hydrogens is 407 g/mol. The number of methoxy groups -OCH3 is 1. The van der Waals surface area contributed by atoms with Crippen molar-refractivity contribution in [2.24, 2.45) is 0 Å². The Kier molecular flexibility index (Phi) is 8.65. The first-order valence-electron chi connectivity index (χ1n) is 11.5. The van der Waals surface area contributed by atoms with Gasteiger partial charge in [0, 0.05) is 12.6 Å². The largest absolute Gasteiger partial charge is 0.497 e. The fourth-order valence-corrected chi connectivity index (χ4v) is 4.27. The van der Waals surface area contributed by atoms with Crippen LogP contribution in [0.1, 0.15) is 56.6 Å². The molecule has 32 heavy (non-hydrogen) atoms. The van der Waals surface area contributed by atoms with E-state index >= 15 is 0 Å². The van der Waals surface area contributed by atoms with Crippen molar-refractivity contribution in [1.29, 1.82) is 0 Å². The lowest BCUT2D eigenvalue weighted by Gasteiger charge is -2.33. The minimum Gasteiger partial charge on any atom is -0.497 e. The first-order valence-corrected chi connectivity index (χ1v) is 11.5. The van der Waals surface area contributed by atoms with Crippen molar-refractivity contribution in [3.63, 3.8) is 0 Å². The number of amides is 2. The van der Waals surface area contributed by atoms with Crippen LogP contribution in [0.15, 0.2) is 48.5 Å². The van der Waals surface area contributed by atoms with Gasteiger partial charge in [0.05, 0.1) is 13.5 Å². The monoisotopic (exact) mass is 440 g/mol. The third-order valence-corrected chi connectivity index (χ3v) is 6.12. The summed E-state index contributed by atoms with van der Waals surface area (Å²) in [7, 11) is 1.61. The van der Waals surface area contributed by atoms with Crippen molar-refractivity contribution in [2.75, 3.05) is 7.11 Å². The Balaban J connectivity index is 1.79. The lowest BCUT2D eigenvalue weighted by Crippen LogP contribution is -2.51. The number of nitrogens with zero attached hydrogens (tertiary/aromatic N) is 1. The second kappa shape index (κ2) is 11.7.